The minimum Gasteiger partial charge on any atom is -0.368 e. The molecule has 1 aromatic rings. The van der Waals surface area contributed by atoms with Gasteiger partial charge in [0, 0.05) is 6.04 Å². The van der Waals surface area contributed by atoms with Crippen LogP contribution in [0.2, 0.25) is 0 Å². The lowest BCUT2D eigenvalue weighted by molar-refractivity contribution is -0.385. The molecule has 1 aromatic heterocycles. The highest BCUT2D eigenvalue weighted by atomic mass is 16.6. The van der Waals surface area contributed by atoms with E-state index in [0.29, 0.717) is 17.5 Å². The lowest BCUT2D eigenvalue weighted by Crippen LogP contribution is -2.35. The maximum atomic E-state index is 11.2. The number of aromatic nitrogens is 2. The second-order valence-electron chi connectivity index (χ2n) is 5.64. The second-order valence-corrected chi connectivity index (χ2v) is 5.64. The molecule has 1 aliphatic carbocycles. The van der Waals surface area contributed by atoms with Gasteiger partial charge in [0.1, 0.15) is 5.69 Å². The first-order chi connectivity index (χ1) is 9.40. The van der Waals surface area contributed by atoms with E-state index in [1.165, 1.54) is 6.42 Å². The monoisotopic (exact) mass is 279 g/mol. The fraction of sp³-hybridized carbons (Fsp3) is 0.692. The summed E-state index contributed by atoms with van der Waals surface area (Å²) in [5, 5.41) is 14.4. The van der Waals surface area contributed by atoms with Crippen LogP contribution in [-0.2, 0) is 0 Å². The molecule has 0 aromatic carbocycles. The molecule has 0 spiro atoms. The van der Waals surface area contributed by atoms with Crippen LogP contribution in [0.5, 0.6) is 0 Å². The minimum absolute atomic E-state index is 0.0621. The predicted octanol–water partition coefficient (Wildman–Crippen LogP) is 2.51. The largest absolute Gasteiger partial charge is 0.368 e. The number of anilines is 2. The molecule has 2 rings (SSSR count). The molecule has 3 atom stereocenters. The van der Waals surface area contributed by atoms with Gasteiger partial charge in [0.2, 0.25) is 11.8 Å². The van der Waals surface area contributed by atoms with Crippen molar-refractivity contribution in [3.8, 4) is 0 Å². The molecule has 20 heavy (non-hydrogen) atoms. The Balaban J connectivity index is 2.30. The van der Waals surface area contributed by atoms with E-state index in [-0.39, 0.29) is 23.5 Å². The third-order valence-electron chi connectivity index (χ3n) is 4.29. The van der Waals surface area contributed by atoms with Gasteiger partial charge in [0.05, 0.1) is 4.92 Å². The highest BCUT2D eigenvalue weighted by Crippen LogP contribution is 2.34. The highest BCUT2D eigenvalue weighted by Gasteiger charge is 2.30. The number of hydrogen-bond donors (Lipinski definition) is 2. The number of nitrogens with two attached hydrogens (primary N) is 1. The maximum absolute atomic E-state index is 11.2. The summed E-state index contributed by atoms with van der Waals surface area (Å²) in [4.78, 5) is 18.6. The molecule has 1 saturated carbocycles. The number of nitrogens with one attached hydrogen (secondary N) is 1. The molecule has 1 aliphatic rings. The Hall–Kier alpha value is -1.92. The van der Waals surface area contributed by atoms with E-state index in [2.05, 4.69) is 29.1 Å². The van der Waals surface area contributed by atoms with Crippen molar-refractivity contribution >= 4 is 17.5 Å². The van der Waals surface area contributed by atoms with Gasteiger partial charge in [-0.1, -0.05) is 26.7 Å². The quantitative estimate of drug-likeness (QED) is 0.650. The lowest BCUT2D eigenvalue weighted by Gasteiger charge is -2.34. The Bertz CT molecular complexity index is 520. The maximum Gasteiger partial charge on any atom is 0.332 e. The molecule has 0 saturated heterocycles. The minimum atomic E-state index is -0.450. The Kier molecular flexibility index (Phi) is 4.06. The van der Waals surface area contributed by atoms with E-state index in [9.17, 15) is 10.1 Å². The molecular weight excluding hydrogens is 258 g/mol. The molecule has 110 valence electrons. The smallest absolute Gasteiger partial charge is 0.332 e. The number of nitro groups is 1. The Labute approximate surface area is 118 Å². The molecule has 0 radical (unpaired) electrons. The van der Waals surface area contributed by atoms with Crippen LogP contribution in [-0.4, -0.2) is 20.9 Å². The Morgan fingerprint density at radius 1 is 1.35 bits per heavy atom. The summed E-state index contributed by atoms with van der Waals surface area (Å²) in [6.07, 6.45) is 3.31. The number of rotatable bonds is 3. The summed E-state index contributed by atoms with van der Waals surface area (Å²) in [5.74, 6) is 1.35. The molecule has 3 unspecified atom stereocenters. The third kappa shape index (κ3) is 2.81. The predicted molar refractivity (Wildman–Crippen MR) is 77.4 cm³/mol. The summed E-state index contributed by atoms with van der Waals surface area (Å²) in [7, 11) is 0. The summed E-state index contributed by atoms with van der Waals surface area (Å²) in [6, 6.07) is 0.186. The standard InChI is InChI=1S/C13H21N5O2/c1-7-5-4-6-10(8(7)2)16-12-11(18(19)20)9(3)15-13(14)17-12/h7-8,10H,4-6H2,1-3H3,(H3,14,15,16,17). The molecule has 7 nitrogen and oxygen atoms in total. The van der Waals surface area contributed by atoms with Gasteiger partial charge in [-0.05, 0) is 25.2 Å². The first kappa shape index (κ1) is 14.5. The van der Waals surface area contributed by atoms with Crippen molar-refractivity contribution in [2.24, 2.45) is 11.8 Å². The van der Waals surface area contributed by atoms with Gasteiger partial charge in [-0.3, -0.25) is 10.1 Å². The van der Waals surface area contributed by atoms with E-state index in [1.54, 1.807) is 6.92 Å². The second kappa shape index (κ2) is 5.60. The van der Waals surface area contributed by atoms with Gasteiger partial charge in [0.25, 0.3) is 0 Å². The van der Waals surface area contributed by atoms with Crippen molar-refractivity contribution in [2.75, 3.05) is 11.1 Å². The molecule has 0 bridgehead atoms. The van der Waals surface area contributed by atoms with E-state index in [4.69, 9.17) is 5.73 Å². The zero-order valence-corrected chi connectivity index (χ0v) is 12.1. The van der Waals surface area contributed by atoms with Crippen LogP contribution in [0.15, 0.2) is 0 Å². The molecule has 0 amide bonds. The number of nitrogens with zero attached hydrogens (tertiary/aromatic N) is 3. The summed E-state index contributed by atoms with van der Waals surface area (Å²) < 4.78 is 0. The van der Waals surface area contributed by atoms with Crippen molar-refractivity contribution in [2.45, 2.75) is 46.1 Å². The van der Waals surface area contributed by atoms with E-state index in [1.807, 2.05) is 0 Å². The average Bonchev–Trinajstić information content (AvgIpc) is 2.33. The van der Waals surface area contributed by atoms with Crippen LogP contribution in [0, 0.1) is 28.9 Å². The Morgan fingerprint density at radius 2 is 2.05 bits per heavy atom. The van der Waals surface area contributed by atoms with Crippen molar-refractivity contribution in [3.05, 3.63) is 15.8 Å². The van der Waals surface area contributed by atoms with Gasteiger partial charge in [-0.25, -0.2) is 4.98 Å². The molecule has 0 aliphatic heterocycles. The van der Waals surface area contributed by atoms with Crippen LogP contribution in [0.4, 0.5) is 17.5 Å². The first-order valence-corrected chi connectivity index (χ1v) is 6.95. The number of hydrogen-bond acceptors (Lipinski definition) is 6. The van der Waals surface area contributed by atoms with Gasteiger partial charge < -0.3 is 11.1 Å². The van der Waals surface area contributed by atoms with Crippen LogP contribution in [0.25, 0.3) is 0 Å². The van der Waals surface area contributed by atoms with Crippen molar-refractivity contribution in [1.82, 2.24) is 9.97 Å². The van der Waals surface area contributed by atoms with E-state index < -0.39 is 4.92 Å². The van der Waals surface area contributed by atoms with Crippen molar-refractivity contribution in [1.29, 1.82) is 0 Å². The first-order valence-electron chi connectivity index (χ1n) is 6.95. The SMILES string of the molecule is Cc1nc(N)nc(NC2CCCC(C)C2C)c1[N+](=O)[O-]. The van der Waals surface area contributed by atoms with Crippen LogP contribution >= 0.6 is 0 Å². The molecule has 3 N–H and O–H groups in total. The fourth-order valence-electron chi connectivity index (χ4n) is 2.87. The molecular formula is C13H21N5O2. The van der Waals surface area contributed by atoms with E-state index in [0.717, 1.165) is 12.8 Å². The molecule has 1 heterocycles. The summed E-state index contributed by atoms with van der Waals surface area (Å²) in [5.41, 5.74) is 5.82. The summed E-state index contributed by atoms with van der Waals surface area (Å²) in [6.45, 7) is 5.96. The van der Waals surface area contributed by atoms with Crippen LogP contribution in [0.3, 0.4) is 0 Å². The fourth-order valence-corrected chi connectivity index (χ4v) is 2.87. The summed E-state index contributed by atoms with van der Waals surface area (Å²) >= 11 is 0. The van der Waals surface area contributed by atoms with Gasteiger partial charge in [0.15, 0.2) is 0 Å². The zero-order chi connectivity index (χ0) is 14.9. The highest BCUT2D eigenvalue weighted by molar-refractivity contribution is 5.60. The molecule has 7 heteroatoms. The van der Waals surface area contributed by atoms with Gasteiger partial charge >= 0.3 is 5.69 Å². The normalized spacial score (nSPS) is 26.2. The average molecular weight is 279 g/mol. The number of aryl methyl sites for hydroxylation is 1. The topological polar surface area (TPSA) is 107 Å². The third-order valence-corrected chi connectivity index (χ3v) is 4.29. The zero-order valence-electron chi connectivity index (χ0n) is 12.1. The van der Waals surface area contributed by atoms with Gasteiger partial charge in [-0.15, -0.1) is 0 Å². The lowest BCUT2D eigenvalue weighted by atomic mass is 9.78. The van der Waals surface area contributed by atoms with Crippen LogP contribution < -0.4 is 11.1 Å². The number of nitrogen functional groups attached to an aromatic ring is 1. The van der Waals surface area contributed by atoms with Gasteiger partial charge in [-0.2, -0.15) is 4.98 Å². The van der Waals surface area contributed by atoms with Crippen molar-refractivity contribution < 1.29 is 4.92 Å². The van der Waals surface area contributed by atoms with Crippen molar-refractivity contribution in [3.63, 3.8) is 0 Å². The van der Waals surface area contributed by atoms with E-state index >= 15 is 0 Å². The Morgan fingerprint density at radius 3 is 2.70 bits per heavy atom. The molecule has 1 fully saturated rings. The van der Waals surface area contributed by atoms with Crippen LogP contribution in [0.1, 0.15) is 38.8 Å².